The molecule has 1 saturated heterocycles. The molecule has 0 N–H and O–H groups in total. The van der Waals surface area contributed by atoms with Crippen molar-refractivity contribution < 1.29 is 0 Å². The number of hydrogen-bond donors (Lipinski definition) is 0. The minimum Gasteiger partial charge on any atom is -0.340 e. The molecule has 1 atom stereocenters. The molecule has 2 aliphatic rings. The zero-order chi connectivity index (χ0) is 14.2. The van der Waals surface area contributed by atoms with Crippen molar-refractivity contribution >= 4 is 5.95 Å². The minimum atomic E-state index is 0.436. The highest BCUT2D eigenvalue weighted by Crippen LogP contribution is 2.38. The molecule has 2 fully saturated rings. The average molecular weight is 284 g/mol. The highest BCUT2D eigenvalue weighted by Gasteiger charge is 2.31. The van der Waals surface area contributed by atoms with Gasteiger partial charge in [-0.1, -0.05) is 0 Å². The van der Waals surface area contributed by atoms with Crippen LogP contribution in [0.25, 0.3) is 0 Å². The molecule has 1 aliphatic heterocycles. The van der Waals surface area contributed by atoms with Crippen molar-refractivity contribution in [2.45, 2.75) is 44.6 Å². The lowest BCUT2D eigenvalue weighted by Gasteiger charge is -2.32. The Labute approximate surface area is 124 Å². The largest absolute Gasteiger partial charge is 0.340 e. The van der Waals surface area contributed by atoms with E-state index in [2.05, 4.69) is 29.6 Å². The van der Waals surface area contributed by atoms with Crippen LogP contribution in [-0.2, 0) is 0 Å². The van der Waals surface area contributed by atoms with Crippen molar-refractivity contribution in [3.8, 4) is 0 Å². The van der Waals surface area contributed by atoms with Crippen molar-refractivity contribution in [3.05, 3.63) is 30.1 Å². The van der Waals surface area contributed by atoms with E-state index in [4.69, 9.17) is 0 Å². The summed E-state index contributed by atoms with van der Waals surface area (Å²) in [5.74, 6) is 2.43. The fourth-order valence-corrected chi connectivity index (χ4v) is 3.14. The van der Waals surface area contributed by atoms with Crippen molar-refractivity contribution in [3.63, 3.8) is 0 Å². The third-order valence-corrected chi connectivity index (χ3v) is 4.39. The summed E-state index contributed by atoms with van der Waals surface area (Å²) in [6.45, 7) is 3.97. The molecular weight excluding hydrogens is 264 g/mol. The molecule has 0 aromatic carbocycles. The number of aryl methyl sites for hydroxylation is 1. The van der Waals surface area contributed by atoms with Gasteiger partial charge in [0.1, 0.15) is 12.2 Å². The van der Waals surface area contributed by atoms with Gasteiger partial charge in [-0.05, 0) is 38.7 Å². The summed E-state index contributed by atoms with van der Waals surface area (Å²) < 4.78 is 2.28. The van der Waals surface area contributed by atoms with E-state index >= 15 is 0 Å². The Kier molecular flexibility index (Phi) is 3.09. The molecule has 6 nitrogen and oxygen atoms in total. The van der Waals surface area contributed by atoms with Gasteiger partial charge in [0.2, 0.25) is 5.95 Å². The molecule has 0 bridgehead atoms. The maximum Gasteiger partial charge on any atom is 0.225 e. The van der Waals surface area contributed by atoms with Gasteiger partial charge in [0.15, 0.2) is 0 Å². The van der Waals surface area contributed by atoms with E-state index in [1.54, 1.807) is 0 Å². The summed E-state index contributed by atoms with van der Waals surface area (Å²) in [6.07, 6.45) is 8.60. The van der Waals surface area contributed by atoms with E-state index < -0.39 is 0 Å². The third kappa shape index (κ3) is 2.50. The van der Waals surface area contributed by atoms with Gasteiger partial charge >= 0.3 is 0 Å². The van der Waals surface area contributed by atoms with Gasteiger partial charge in [0.05, 0.1) is 0 Å². The molecule has 1 aliphatic carbocycles. The van der Waals surface area contributed by atoms with Crippen molar-refractivity contribution in [2.75, 3.05) is 18.0 Å². The van der Waals surface area contributed by atoms with Crippen LogP contribution in [-0.4, -0.2) is 37.8 Å². The first-order valence-corrected chi connectivity index (χ1v) is 7.75. The molecule has 110 valence electrons. The zero-order valence-electron chi connectivity index (χ0n) is 12.3. The van der Waals surface area contributed by atoms with E-state index in [0.29, 0.717) is 12.0 Å². The van der Waals surface area contributed by atoms with E-state index in [-0.39, 0.29) is 0 Å². The van der Waals surface area contributed by atoms with Crippen LogP contribution >= 0.6 is 0 Å². The van der Waals surface area contributed by atoms with Crippen LogP contribution in [0.4, 0.5) is 5.95 Å². The molecule has 0 radical (unpaired) electrons. The SMILES string of the molecule is Cc1ccnc(N2CCCC(c3nncn3C3CC3)C2)n1. The van der Waals surface area contributed by atoms with Gasteiger partial charge < -0.3 is 9.47 Å². The Morgan fingerprint density at radius 2 is 2.14 bits per heavy atom. The second kappa shape index (κ2) is 5.09. The maximum absolute atomic E-state index is 4.55. The number of hydrogen-bond acceptors (Lipinski definition) is 5. The Morgan fingerprint density at radius 3 is 2.95 bits per heavy atom. The van der Waals surface area contributed by atoms with Crippen molar-refractivity contribution in [1.82, 2.24) is 24.7 Å². The van der Waals surface area contributed by atoms with Crippen molar-refractivity contribution in [1.29, 1.82) is 0 Å². The molecule has 0 spiro atoms. The van der Waals surface area contributed by atoms with Crippen LogP contribution in [0, 0.1) is 6.92 Å². The van der Waals surface area contributed by atoms with Crippen molar-refractivity contribution in [2.24, 2.45) is 0 Å². The first-order chi connectivity index (χ1) is 10.3. The van der Waals surface area contributed by atoms with Crippen LogP contribution in [0.1, 0.15) is 49.2 Å². The highest BCUT2D eigenvalue weighted by molar-refractivity contribution is 5.32. The molecule has 2 aromatic heterocycles. The van der Waals surface area contributed by atoms with Crippen LogP contribution in [0.5, 0.6) is 0 Å². The molecule has 3 heterocycles. The second-order valence-corrected chi connectivity index (χ2v) is 6.11. The van der Waals surface area contributed by atoms with Gasteiger partial charge in [-0.3, -0.25) is 0 Å². The lowest BCUT2D eigenvalue weighted by molar-refractivity contribution is 0.466. The Hall–Kier alpha value is -1.98. The van der Waals surface area contributed by atoms with Crippen LogP contribution in [0.2, 0.25) is 0 Å². The molecule has 21 heavy (non-hydrogen) atoms. The number of nitrogens with zero attached hydrogens (tertiary/aromatic N) is 6. The highest BCUT2D eigenvalue weighted by atomic mass is 15.3. The van der Waals surface area contributed by atoms with Gasteiger partial charge in [-0.25, -0.2) is 9.97 Å². The molecule has 1 saturated carbocycles. The number of anilines is 1. The van der Waals surface area contributed by atoms with Crippen LogP contribution < -0.4 is 4.90 Å². The third-order valence-electron chi connectivity index (χ3n) is 4.39. The normalized spacial score (nSPS) is 22.5. The summed E-state index contributed by atoms with van der Waals surface area (Å²) in [5.41, 5.74) is 1.02. The Morgan fingerprint density at radius 1 is 1.24 bits per heavy atom. The first-order valence-electron chi connectivity index (χ1n) is 7.75. The second-order valence-electron chi connectivity index (χ2n) is 6.11. The van der Waals surface area contributed by atoms with E-state index in [0.717, 1.165) is 37.0 Å². The summed E-state index contributed by atoms with van der Waals surface area (Å²) >= 11 is 0. The first kappa shape index (κ1) is 12.7. The standard InChI is InChI=1S/C15H20N6/c1-11-6-7-16-15(18-11)20-8-2-3-12(9-20)14-19-17-10-21(14)13-4-5-13/h6-7,10,12-13H,2-5,8-9H2,1H3. The van der Waals surface area contributed by atoms with Crippen LogP contribution in [0.15, 0.2) is 18.6 Å². The summed E-state index contributed by atoms with van der Waals surface area (Å²) in [6, 6.07) is 2.58. The average Bonchev–Trinajstić information content (AvgIpc) is 3.24. The van der Waals surface area contributed by atoms with Gasteiger partial charge in [0, 0.05) is 36.9 Å². The zero-order valence-corrected chi connectivity index (χ0v) is 12.3. The van der Waals surface area contributed by atoms with E-state index in [1.165, 1.54) is 19.3 Å². The lowest BCUT2D eigenvalue weighted by atomic mass is 9.97. The maximum atomic E-state index is 4.55. The minimum absolute atomic E-state index is 0.436. The number of aromatic nitrogens is 5. The monoisotopic (exact) mass is 284 g/mol. The van der Waals surface area contributed by atoms with E-state index in [1.807, 2.05) is 25.5 Å². The molecule has 2 aromatic rings. The summed E-state index contributed by atoms with van der Waals surface area (Å²) in [7, 11) is 0. The number of piperidine rings is 1. The predicted octanol–water partition coefficient (Wildman–Crippen LogP) is 2.10. The molecular formula is C15H20N6. The number of rotatable bonds is 3. The van der Waals surface area contributed by atoms with Gasteiger partial charge in [-0.15, -0.1) is 10.2 Å². The smallest absolute Gasteiger partial charge is 0.225 e. The molecule has 1 unspecified atom stereocenters. The predicted molar refractivity (Wildman–Crippen MR) is 79.3 cm³/mol. The lowest BCUT2D eigenvalue weighted by Crippen LogP contribution is -2.36. The molecule has 0 amide bonds. The summed E-state index contributed by atoms with van der Waals surface area (Å²) in [4.78, 5) is 11.3. The van der Waals surface area contributed by atoms with Gasteiger partial charge in [0.25, 0.3) is 0 Å². The van der Waals surface area contributed by atoms with E-state index in [9.17, 15) is 0 Å². The molecule has 6 heteroatoms. The van der Waals surface area contributed by atoms with Crippen LogP contribution in [0.3, 0.4) is 0 Å². The quantitative estimate of drug-likeness (QED) is 0.863. The Balaban J connectivity index is 1.56. The Bertz CT molecular complexity index is 633. The fraction of sp³-hybridized carbons (Fsp3) is 0.600. The fourth-order valence-electron chi connectivity index (χ4n) is 3.14. The van der Waals surface area contributed by atoms with Gasteiger partial charge in [-0.2, -0.15) is 0 Å². The molecule has 4 rings (SSSR count). The topological polar surface area (TPSA) is 59.7 Å². The summed E-state index contributed by atoms with van der Waals surface area (Å²) in [5, 5.41) is 8.53.